The Kier molecular flexibility index (Phi) is 4.65. The van der Waals surface area contributed by atoms with Crippen molar-refractivity contribution in [1.29, 1.82) is 0 Å². The summed E-state index contributed by atoms with van der Waals surface area (Å²) in [7, 11) is 0. The third-order valence-corrected chi connectivity index (χ3v) is 3.65. The molecule has 0 saturated carbocycles. The molecule has 0 radical (unpaired) electrons. The maximum atomic E-state index is 10.2. The summed E-state index contributed by atoms with van der Waals surface area (Å²) in [5.74, 6) is 0.929. The average molecular weight is 300 g/mol. The van der Waals surface area contributed by atoms with Gasteiger partial charge in [-0.1, -0.05) is 52.3 Å². The van der Waals surface area contributed by atoms with Crippen LogP contribution in [0, 0.1) is 0 Å². The molecule has 3 nitrogen and oxygen atoms in total. The number of hydrogen-bond donors (Lipinski definition) is 2. The molecule has 0 amide bonds. The van der Waals surface area contributed by atoms with Crippen LogP contribution in [0.4, 0.5) is 0 Å². The van der Waals surface area contributed by atoms with E-state index in [1.165, 1.54) is 0 Å². The lowest BCUT2D eigenvalue weighted by Gasteiger charge is -2.20. The fourth-order valence-corrected chi connectivity index (χ4v) is 2.31. The van der Waals surface area contributed by atoms with Gasteiger partial charge in [0.05, 0.1) is 0 Å². The van der Waals surface area contributed by atoms with E-state index >= 15 is 0 Å². The van der Waals surface area contributed by atoms with E-state index in [0.29, 0.717) is 11.5 Å². The predicted octanol–water partition coefficient (Wildman–Crippen LogP) is 5.14. The first-order valence-electron chi connectivity index (χ1n) is 7.65. The second kappa shape index (κ2) is 6.30. The molecule has 0 spiro atoms. The molecule has 0 fully saturated rings. The number of hydrogen-bond acceptors (Lipinski definition) is 3. The van der Waals surface area contributed by atoms with Gasteiger partial charge in [-0.15, -0.1) is 0 Å². The van der Waals surface area contributed by atoms with E-state index in [1.807, 2.05) is 18.2 Å². The van der Waals surface area contributed by atoms with Crippen molar-refractivity contribution in [2.24, 2.45) is 0 Å². The quantitative estimate of drug-likeness (QED) is 0.822. The molecule has 0 aliphatic rings. The zero-order chi connectivity index (χ0) is 16.3. The van der Waals surface area contributed by atoms with E-state index in [2.05, 4.69) is 27.7 Å². The van der Waals surface area contributed by atoms with Crippen molar-refractivity contribution in [2.75, 3.05) is 0 Å². The van der Waals surface area contributed by atoms with Crippen molar-refractivity contribution < 1.29 is 14.9 Å². The first-order chi connectivity index (χ1) is 10.3. The third kappa shape index (κ3) is 3.53. The van der Waals surface area contributed by atoms with Crippen molar-refractivity contribution >= 4 is 0 Å². The molecule has 2 aromatic rings. The topological polar surface area (TPSA) is 49.7 Å². The van der Waals surface area contributed by atoms with E-state index in [1.54, 1.807) is 18.2 Å². The van der Waals surface area contributed by atoms with Gasteiger partial charge in [0.1, 0.15) is 0 Å². The van der Waals surface area contributed by atoms with Gasteiger partial charge in [0.25, 0.3) is 0 Å². The molecular formula is C19H24O3. The van der Waals surface area contributed by atoms with Crippen molar-refractivity contribution in [3.8, 4) is 23.0 Å². The van der Waals surface area contributed by atoms with Crippen LogP contribution in [0.3, 0.4) is 0 Å². The van der Waals surface area contributed by atoms with Gasteiger partial charge in [-0.3, -0.25) is 0 Å². The summed E-state index contributed by atoms with van der Waals surface area (Å²) in [5, 5.41) is 20.4. The van der Waals surface area contributed by atoms with Crippen LogP contribution >= 0.6 is 0 Å². The van der Waals surface area contributed by atoms with Crippen LogP contribution in [-0.2, 0) is 11.8 Å². The summed E-state index contributed by atoms with van der Waals surface area (Å²) in [6.07, 6.45) is 1.74. The van der Waals surface area contributed by atoms with Crippen molar-refractivity contribution in [3.05, 3.63) is 47.5 Å². The lowest BCUT2D eigenvalue weighted by atomic mass is 9.87. The molecule has 0 aliphatic carbocycles. The molecule has 2 N–H and O–H groups in total. The first-order valence-corrected chi connectivity index (χ1v) is 7.65. The number of ether oxygens (including phenoxy) is 1. The van der Waals surface area contributed by atoms with Gasteiger partial charge in [-0.2, -0.15) is 0 Å². The summed E-state index contributed by atoms with van der Waals surface area (Å²) in [6, 6.07) is 10.8. The number of phenols is 2. The Balaban J connectivity index is 2.30. The van der Waals surface area contributed by atoms with Crippen LogP contribution in [0.2, 0.25) is 0 Å². The minimum absolute atomic E-state index is 0.0425. The standard InChI is InChI=1S/C19H24O3/c1-5-7-13-8-6-9-17(18(13)21)22-16-11-10-14(12-15(16)20)19(2,3)4/h6,8-12,20-21H,5,7H2,1-4H3. The van der Waals surface area contributed by atoms with Crippen molar-refractivity contribution in [2.45, 2.75) is 46.0 Å². The smallest absolute Gasteiger partial charge is 0.169 e. The number of phenolic OH excluding ortho intramolecular Hbond substituents is 2. The maximum absolute atomic E-state index is 10.2. The number of aromatic hydroxyl groups is 2. The summed E-state index contributed by atoms with van der Waals surface area (Å²) in [4.78, 5) is 0. The summed E-state index contributed by atoms with van der Waals surface area (Å²) >= 11 is 0. The molecule has 0 aromatic heterocycles. The van der Waals surface area contributed by atoms with E-state index in [0.717, 1.165) is 24.0 Å². The summed E-state index contributed by atoms with van der Waals surface area (Å²) < 4.78 is 5.69. The van der Waals surface area contributed by atoms with E-state index in [-0.39, 0.29) is 16.9 Å². The van der Waals surface area contributed by atoms with Crippen LogP contribution < -0.4 is 4.74 Å². The molecule has 0 saturated heterocycles. The second-order valence-electron chi connectivity index (χ2n) is 6.55. The van der Waals surface area contributed by atoms with E-state index < -0.39 is 0 Å². The molecule has 3 heteroatoms. The highest BCUT2D eigenvalue weighted by Gasteiger charge is 2.17. The van der Waals surface area contributed by atoms with Crippen LogP contribution in [0.1, 0.15) is 45.2 Å². The third-order valence-electron chi connectivity index (χ3n) is 3.65. The Bertz CT molecular complexity index is 654. The molecule has 2 aromatic carbocycles. The Morgan fingerprint density at radius 1 is 1.00 bits per heavy atom. The number of para-hydroxylation sites is 1. The Hall–Kier alpha value is -2.16. The van der Waals surface area contributed by atoms with Crippen molar-refractivity contribution in [1.82, 2.24) is 0 Å². The van der Waals surface area contributed by atoms with E-state index in [4.69, 9.17) is 4.74 Å². The molecule has 0 heterocycles. The van der Waals surface area contributed by atoms with Gasteiger partial charge in [0.15, 0.2) is 23.0 Å². The van der Waals surface area contributed by atoms with Crippen LogP contribution in [0.15, 0.2) is 36.4 Å². The molecule has 118 valence electrons. The molecule has 0 atom stereocenters. The molecule has 0 bridgehead atoms. The normalized spacial score (nSPS) is 11.5. The maximum Gasteiger partial charge on any atom is 0.169 e. The van der Waals surface area contributed by atoms with Gasteiger partial charge in [0, 0.05) is 0 Å². The highest BCUT2D eigenvalue weighted by Crippen LogP contribution is 2.39. The first kappa shape index (κ1) is 16.2. The zero-order valence-electron chi connectivity index (χ0n) is 13.7. The summed E-state index contributed by atoms with van der Waals surface area (Å²) in [6.45, 7) is 8.32. The Morgan fingerprint density at radius 3 is 2.32 bits per heavy atom. The molecule has 0 unspecified atom stereocenters. The number of aryl methyl sites for hydroxylation is 1. The van der Waals surface area contributed by atoms with Gasteiger partial charge in [-0.05, 0) is 41.2 Å². The summed E-state index contributed by atoms with van der Waals surface area (Å²) in [5.41, 5.74) is 1.84. The Morgan fingerprint density at radius 2 is 1.73 bits per heavy atom. The molecular weight excluding hydrogens is 276 g/mol. The number of rotatable bonds is 4. The highest BCUT2D eigenvalue weighted by molar-refractivity contribution is 5.51. The van der Waals surface area contributed by atoms with Gasteiger partial charge in [-0.25, -0.2) is 0 Å². The van der Waals surface area contributed by atoms with Crippen LogP contribution in [-0.4, -0.2) is 10.2 Å². The Labute approximate surface area is 132 Å². The van der Waals surface area contributed by atoms with Gasteiger partial charge >= 0.3 is 0 Å². The predicted molar refractivity (Wildman–Crippen MR) is 89.0 cm³/mol. The second-order valence-corrected chi connectivity index (χ2v) is 6.55. The molecule has 2 rings (SSSR count). The van der Waals surface area contributed by atoms with E-state index in [9.17, 15) is 10.2 Å². The lowest BCUT2D eigenvalue weighted by Crippen LogP contribution is -2.10. The lowest BCUT2D eigenvalue weighted by molar-refractivity contribution is 0.381. The SMILES string of the molecule is CCCc1cccc(Oc2ccc(C(C)(C)C)cc2O)c1O. The minimum atomic E-state index is -0.0425. The van der Waals surface area contributed by atoms with Gasteiger partial charge < -0.3 is 14.9 Å². The fraction of sp³-hybridized carbons (Fsp3) is 0.368. The van der Waals surface area contributed by atoms with Crippen LogP contribution in [0.25, 0.3) is 0 Å². The minimum Gasteiger partial charge on any atom is -0.504 e. The largest absolute Gasteiger partial charge is 0.504 e. The molecule has 0 aliphatic heterocycles. The molecule has 22 heavy (non-hydrogen) atoms. The highest BCUT2D eigenvalue weighted by atomic mass is 16.5. The zero-order valence-corrected chi connectivity index (χ0v) is 13.7. The van der Waals surface area contributed by atoms with Crippen LogP contribution in [0.5, 0.6) is 23.0 Å². The monoisotopic (exact) mass is 300 g/mol. The van der Waals surface area contributed by atoms with Crippen molar-refractivity contribution in [3.63, 3.8) is 0 Å². The number of benzene rings is 2. The average Bonchev–Trinajstić information content (AvgIpc) is 2.44. The van der Waals surface area contributed by atoms with Gasteiger partial charge in [0.2, 0.25) is 0 Å². The fourth-order valence-electron chi connectivity index (χ4n) is 2.31.